The van der Waals surface area contributed by atoms with Gasteiger partial charge in [-0.05, 0) is 25.0 Å². The predicted octanol–water partition coefficient (Wildman–Crippen LogP) is 0.304. The van der Waals surface area contributed by atoms with Crippen LogP contribution in [0.2, 0.25) is 0 Å². The first kappa shape index (κ1) is 16.7. The van der Waals surface area contributed by atoms with Gasteiger partial charge in [-0.15, -0.1) is 0 Å². The summed E-state index contributed by atoms with van der Waals surface area (Å²) in [6.07, 6.45) is 8.64. The second-order valence-corrected chi connectivity index (χ2v) is 6.69. The molecule has 0 radical (unpaired) electrons. The van der Waals surface area contributed by atoms with E-state index >= 15 is 0 Å². The van der Waals surface area contributed by atoms with Crippen molar-refractivity contribution in [1.29, 1.82) is 0 Å². The number of pyridine rings is 1. The molecule has 0 aromatic carbocycles. The highest BCUT2D eigenvalue weighted by atomic mass is 16.2. The third-order valence-electron chi connectivity index (χ3n) is 5.01. The monoisotopic (exact) mass is 354 g/mol. The number of nitrogens with one attached hydrogen (secondary N) is 1. The smallest absolute Gasteiger partial charge is 0.255 e. The average molecular weight is 354 g/mol. The number of imidazole rings is 1. The van der Waals surface area contributed by atoms with E-state index in [4.69, 9.17) is 0 Å². The van der Waals surface area contributed by atoms with Crippen LogP contribution in [-0.2, 0) is 4.79 Å². The number of amides is 2. The number of piperidine rings is 1. The maximum absolute atomic E-state index is 12.9. The minimum atomic E-state index is -0.0260. The molecule has 2 amide bonds. The van der Waals surface area contributed by atoms with Gasteiger partial charge in [0.2, 0.25) is 5.91 Å². The zero-order chi connectivity index (χ0) is 17.9. The summed E-state index contributed by atoms with van der Waals surface area (Å²) in [5, 5.41) is 3.09. The molecule has 1 N–H and O–H groups in total. The van der Waals surface area contributed by atoms with Gasteiger partial charge >= 0.3 is 0 Å². The van der Waals surface area contributed by atoms with Gasteiger partial charge in [-0.2, -0.15) is 0 Å². The van der Waals surface area contributed by atoms with Crippen LogP contribution >= 0.6 is 0 Å². The van der Waals surface area contributed by atoms with Crippen LogP contribution in [-0.4, -0.2) is 74.9 Å². The highest BCUT2D eigenvalue weighted by Crippen LogP contribution is 2.19. The molecule has 8 heteroatoms. The van der Waals surface area contributed by atoms with E-state index in [1.165, 1.54) is 0 Å². The van der Waals surface area contributed by atoms with E-state index in [9.17, 15) is 9.59 Å². The van der Waals surface area contributed by atoms with Gasteiger partial charge in [0.05, 0.1) is 12.1 Å². The zero-order valence-corrected chi connectivity index (χ0v) is 14.5. The van der Waals surface area contributed by atoms with Crippen LogP contribution in [0.5, 0.6) is 0 Å². The molecule has 1 unspecified atom stereocenters. The highest BCUT2D eigenvalue weighted by molar-refractivity contribution is 5.94. The minimum Gasteiger partial charge on any atom is -0.337 e. The number of aromatic nitrogens is 3. The SMILES string of the molecule is O=C(c1ccc(-n2ccnc2)nc1)N1CCCC(N2CCNCC2=O)C1. The van der Waals surface area contributed by atoms with E-state index in [0.29, 0.717) is 25.2 Å². The molecule has 4 rings (SSSR count). The van der Waals surface area contributed by atoms with Crippen LogP contribution in [0.15, 0.2) is 37.1 Å². The van der Waals surface area contributed by atoms with Crippen molar-refractivity contribution in [1.82, 2.24) is 29.7 Å². The van der Waals surface area contributed by atoms with Gasteiger partial charge in [-0.3, -0.25) is 14.2 Å². The quantitative estimate of drug-likeness (QED) is 0.857. The van der Waals surface area contributed by atoms with Gasteiger partial charge in [-0.25, -0.2) is 9.97 Å². The third-order valence-corrected chi connectivity index (χ3v) is 5.01. The zero-order valence-electron chi connectivity index (χ0n) is 14.5. The lowest BCUT2D eigenvalue weighted by Gasteiger charge is -2.41. The molecule has 4 heterocycles. The van der Waals surface area contributed by atoms with E-state index in [1.807, 2.05) is 22.1 Å². The molecule has 2 aliphatic heterocycles. The van der Waals surface area contributed by atoms with Crippen LogP contribution in [0.1, 0.15) is 23.2 Å². The molecule has 26 heavy (non-hydrogen) atoms. The molecule has 2 aromatic heterocycles. The molecule has 8 nitrogen and oxygen atoms in total. The maximum atomic E-state index is 12.9. The number of carbonyl (C=O) groups excluding carboxylic acids is 2. The fraction of sp³-hybridized carbons (Fsp3) is 0.444. The number of piperazine rings is 1. The maximum Gasteiger partial charge on any atom is 0.255 e. The third kappa shape index (κ3) is 3.32. The summed E-state index contributed by atoms with van der Waals surface area (Å²) in [6.45, 7) is 3.24. The fourth-order valence-electron chi connectivity index (χ4n) is 3.64. The van der Waals surface area contributed by atoms with Crippen molar-refractivity contribution in [3.8, 4) is 5.82 Å². The van der Waals surface area contributed by atoms with E-state index in [-0.39, 0.29) is 17.9 Å². The van der Waals surface area contributed by atoms with Gasteiger partial charge in [0.25, 0.3) is 5.91 Å². The number of hydrogen-bond acceptors (Lipinski definition) is 5. The van der Waals surface area contributed by atoms with Crippen molar-refractivity contribution in [2.24, 2.45) is 0 Å². The van der Waals surface area contributed by atoms with Crippen LogP contribution in [0, 0.1) is 0 Å². The molecule has 0 bridgehead atoms. The Morgan fingerprint density at radius 3 is 2.92 bits per heavy atom. The average Bonchev–Trinajstić information content (AvgIpc) is 3.23. The summed E-state index contributed by atoms with van der Waals surface area (Å²) >= 11 is 0. The van der Waals surface area contributed by atoms with Gasteiger partial charge in [0.15, 0.2) is 0 Å². The number of rotatable bonds is 3. The van der Waals surface area contributed by atoms with Crippen molar-refractivity contribution in [3.05, 3.63) is 42.6 Å². The van der Waals surface area contributed by atoms with Gasteiger partial charge in [0.1, 0.15) is 12.1 Å². The van der Waals surface area contributed by atoms with Crippen LogP contribution < -0.4 is 5.32 Å². The molecular formula is C18H22N6O2. The van der Waals surface area contributed by atoms with Gasteiger partial charge in [0, 0.05) is 50.8 Å². The summed E-state index contributed by atoms with van der Waals surface area (Å²) in [5.41, 5.74) is 0.571. The summed E-state index contributed by atoms with van der Waals surface area (Å²) in [7, 11) is 0. The van der Waals surface area contributed by atoms with Crippen LogP contribution in [0.3, 0.4) is 0 Å². The Balaban J connectivity index is 1.44. The number of nitrogens with zero attached hydrogens (tertiary/aromatic N) is 5. The largest absolute Gasteiger partial charge is 0.337 e. The lowest BCUT2D eigenvalue weighted by atomic mass is 10.0. The van der Waals surface area contributed by atoms with E-state index < -0.39 is 0 Å². The molecule has 0 saturated carbocycles. The summed E-state index contributed by atoms with van der Waals surface area (Å²) in [6, 6.07) is 3.72. The molecule has 2 fully saturated rings. The normalized spacial score (nSPS) is 21.1. The van der Waals surface area contributed by atoms with Crippen molar-refractivity contribution in [3.63, 3.8) is 0 Å². The Hall–Kier alpha value is -2.74. The Kier molecular flexibility index (Phi) is 4.66. The molecule has 1 atom stereocenters. The predicted molar refractivity (Wildman–Crippen MR) is 94.9 cm³/mol. The number of likely N-dealkylation sites (tertiary alicyclic amines) is 1. The Morgan fingerprint density at radius 2 is 2.19 bits per heavy atom. The molecule has 2 saturated heterocycles. The van der Waals surface area contributed by atoms with Crippen molar-refractivity contribution in [2.45, 2.75) is 18.9 Å². The molecule has 2 aromatic rings. The van der Waals surface area contributed by atoms with Crippen molar-refractivity contribution < 1.29 is 9.59 Å². The van der Waals surface area contributed by atoms with Crippen LogP contribution in [0.25, 0.3) is 5.82 Å². The second kappa shape index (κ2) is 7.25. The lowest BCUT2D eigenvalue weighted by molar-refractivity contribution is -0.135. The standard InChI is InChI=1S/C18H22N6O2/c25-17-11-19-6-9-24(17)15-2-1-7-22(12-15)18(26)14-3-4-16(21-10-14)23-8-5-20-13-23/h3-5,8,10,13,15,19H,1-2,6-7,9,11-12H2. The first-order chi connectivity index (χ1) is 12.7. The summed E-state index contributed by atoms with van der Waals surface area (Å²) in [4.78, 5) is 37.1. The molecule has 0 spiro atoms. The van der Waals surface area contributed by atoms with E-state index in [0.717, 1.165) is 31.7 Å². The Labute approximate surface area is 151 Å². The van der Waals surface area contributed by atoms with E-state index in [2.05, 4.69) is 15.3 Å². The van der Waals surface area contributed by atoms with E-state index in [1.54, 1.807) is 29.4 Å². The first-order valence-corrected chi connectivity index (χ1v) is 8.96. The van der Waals surface area contributed by atoms with Crippen molar-refractivity contribution in [2.75, 3.05) is 32.7 Å². The molecule has 0 aliphatic carbocycles. The Bertz CT molecular complexity index is 773. The lowest BCUT2D eigenvalue weighted by Crippen LogP contribution is -2.57. The molecular weight excluding hydrogens is 332 g/mol. The number of hydrogen-bond donors (Lipinski definition) is 1. The second-order valence-electron chi connectivity index (χ2n) is 6.69. The molecule has 2 aliphatic rings. The summed E-state index contributed by atoms with van der Waals surface area (Å²) in [5.74, 6) is 0.825. The topological polar surface area (TPSA) is 83.4 Å². The van der Waals surface area contributed by atoms with Gasteiger partial charge < -0.3 is 15.1 Å². The molecule has 136 valence electrons. The van der Waals surface area contributed by atoms with Gasteiger partial charge in [-0.1, -0.05) is 0 Å². The minimum absolute atomic E-state index is 0.0260. The first-order valence-electron chi connectivity index (χ1n) is 8.96. The number of carbonyl (C=O) groups is 2. The Morgan fingerprint density at radius 1 is 1.27 bits per heavy atom. The van der Waals surface area contributed by atoms with Crippen molar-refractivity contribution >= 4 is 11.8 Å². The fourth-order valence-corrected chi connectivity index (χ4v) is 3.64. The highest BCUT2D eigenvalue weighted by Gasteiger charge is 2.31. The summed E-state index contributed by atoms with van der Waals surface area (Å²) < 4.78 is 1.79. The van der Waals surface area contributed by atoms with Crippen LogP contribution in [0.4, 0.5) is 0 Å².